The molecule has 2 nitrogen and oxygen atoms in total. The van der Waals surface area contributed by atoms with Crippen LogP contribution in [0.4, 0.5) is 0 Å². The van der Waals surface area contributed by atoms with Crippen LogP contribution in [0.5, 0.6) is 0 Å². The van der Waals surface area contributed by atoms with Gasteiger partial charge in [0.2, 0.25) is 0 Å². The fraction of sp³-hybridized carbons (Fsp3) is 0.750. The minimum atomic E-state index is 0.468. The smallest absolute Gasteiger partial charge is 0.0956 e. The zero-order chi connectivity index (χ0) is 11.6. The Labute approximate surface area is 96.9 Å². The Balaban J connectivity index is 3.02. The summed E-state index contributed by atoms with van der Waals surface area (Å²) in [5, 5.41) is 1.24. The maximum atomic E-state index is 5.84. The molecule has 1 aromatic rings. The summed E-state index contributed by atoms with van der Waals surface area (Å²) < 4.78 is 0. The Morgan fingerprint density at radius 1 is 1.27 bits per heavy atom. The number of hydrogen-bond donors (Lipinski definition) is 1. The number of rotatable bonds is 4. The molecule has 0 saturated heterocycles. The molecule has 1 unspecified atom stereocenters. The van der Waals surface area contributed by atoms with E-state index in [1.54, 1.807) is 0 Å². The summed E-state index contributed by atoms with van der Waals surface area (Å²) in [6.07, 6.45) is 0. The van der Waals surface area contributed by atoms with Crippen LogP contribution in [-0.2, 0) is 0 Å². The minimum absolute atomic E-state index is 0.468. The fourth-order valence-electron chi connectivity index (χ4n) is 1.70. The van der Waals surface area contributed by atoms with Gasteiger partial charge in [0.15, 0.2) is 0 Å². The largest absolute Gasteiger partial charge is 0.330 e. The van der Waals surface area contributed by atoms with E-state index >= 15 is 0 Å². The zero-order valence-corrected chi connectivity index (χ0v) is 11.2. The molecular formula is C12H22N2S. The van der Waals surface area contributed by atoms with Gasteiger partial charge in [0.25, 0.3) is 0 Å². The molecule has 0 aromatic carbocycles. The van der Waals surface area contributed by atoms with Gasteiger partial charge in [-0.25, -0.2) is 4.98 Å². The van der Waals surface area contributed by atoms with Crippen molar-refractivity contribution in [3.05, 3.63) is 15.6 Å². The van der Waals surface area contributed by atoms with Gasteiger partial charge in [-0.3, -0.25) is 0 Å². The van der Waals surface area contributed by atoms with Crippen molar-refractivity contribution in [3.8, 4) is 0 Å². The fourth-order valence-corrected chi connectivity index (χ4v) is 3.06. The molecule has 0 amide bonds. The van der Waals surface area contributed by atoms with Crippen LogP contribution >= 0.6 is 11.3 Å². The normalized spacial score (nSPS) is 13.9. The summed E-state index contributed by atoms with van der Waals surface area (Å²) in [6, 6.07) is 0. The minimum Gasteiger partial charge on any atom is -0.330 e. The SMILES string of the molecule is Cc1nc(C(C)C)sc1C(CN)C(C)C. The molecule has 1 atom stereocenters. The first-order valence-electron chi connectivity index (χ1n) is 5.64. The van der Waals surface area contributed by atoms with Crippen LogP contribution in [-0.4, -0.2) is 11.5 Å². The van der Waals surface area contributed by atoms with Crippen molar-refractivity contribution >= 4 is 11.3 Å². The summed E-state index contributed by atoms with van der Waals surface area (Å²) in [5.74, 6) is 1.58. The molecule has 1 rings (SSSR count). The van der Waals surface area contributed by atoms with Crippen LogP contribution in [0.2, 0.25) is 0 Å². The van der Waals surface area contributed by atoms with E-state index in [1.807, 2.05) is 11.3 Å². The first-order valence-corrected chi connectivity index (χ1v) is 6.46. The van der Waals surface area contributed by atoms with Gasteiger partial charge >= 0.3 is 0 Å². The summed E-state index contributed by atoms with van der Waals surface area (Å²) in [5.41, 5.74) is 7.01. The second kappa shape index (κ2) is 5.08. The van der Waals surface area contributed by atoms with Gasteiger partial charge in [0.05, 0.1) is 10.7 Å². The Hall–Kier alpha value is -0.410. The highest BCUT2D eigenvalue weighted by molar-refractivity contribution is 7.11. The average molecular weight is 226 g/mol. The maximum absolute atomic E-state index is 5.84. The average Bonchev–Trinajstić information content (AvgIpc) is 2.49. The Bertz CT molecular complexity index is 315. The van der Waals surface area contributed by atoms with Crippen LogP contribution in [0, 0.1) is 12.8 Å². The second-order valence-electron chi connectivity index (χ2n) is 4.74. The van der Waals surface area contributed by atoms with Gasteiger partial charge in [0, 0.05) is 23.3 Å². The summed E-state index contributed by atoms with van der Waals surface area (Å²) in [4.78, 5) is 6.01. The van der Waals surface area contributed by atoms with Crippen LogP contribution in [0.25, 0.3) is 0 Å². The lowest BCUT2D eigenvalue weighted by Gasteiger charge is -2.17. The molecule has 86 valence electrons. The molecular weight excluding hydrogens is 204 g/mol. The second-order valence-corrected chi connectivity index (χ2v) is 5.80. The summed E-state index contributed by atoms with van der Waals surface area (Å²) in [6.45, 7) is 11.7. The first-order chi connectivity index (χ1) is 6.97. The summed E-state index contributed by atoms with van der Waals surface area (Å²) >= 11 is 1.84. The number of aromatic nitrogens is 1. The van der Waals surface area contributed by atoms with Crippen molar-refractivity contribution in [1.82, 2.24) is 4.98 Å². The molecule has 0 fully saturated rings. The van der Waals surface area contributed by atoms with E-state index < -0.39 is 0 Å². The summed E-state index contributed by atoms with van der Waals surface area (Å²) in [7, 11) is 0. The van der Waals surface area contributed by atoms with Crippen molar-refractivity contribution in [2.24, 2.45) is 11.7 Å². The van der Waals surface area contributed by atoms with E-state index in [9.17, 15) is 0 Å². The van der Waals surface area contributed by atoms with Gasteiger partial charge in [-0.05, 0) is 12.8 Å². The van der Waals surface area contributed by atoms with E-state index in [-0.39, 0.29) is 0 Å². The van der Waals surface area contributed by atoms with E-state index in [0.29, 0.717) is 17.8 Å². The van der Waals surface area contributed by atoms with Gasteiger partial charge in [-0.2, -0.15) is 0 Å². The molecule has 0 aliphatic rings. The molecule has 15 heavy (non-hydrogen) atoms. The number of nitrogens with two attached hydrogens (primary N) is 1. The molecule has 0 bridgehead atoms. The molecule has 0 saturated carbocycles. The molecule has 0 spiro atoms. The highest BCUT2D eigenvalue weighted by Crippen LogP contribution is 2.33. The predicted molar refractivity (Wildman–Crippen MR) is 67.6 cm³/mol. The Kier molecular flexibility index (Phi) is 4.29. The Morgan fingerprint density at radius 2 is 1.87 bits per heavy atom. The van der Waals surface area contributed by atoms with Gasteiger partial charge in [-0.15, -0.1) is 11.3 Å². The predicted octanol–water partition coefficient (Wildman–Crippen LogP) is 3.27. The van der Waals surface area contributed by atoms with Crippen molar-refractivity contribution in [2.75, 3.05) is 6.54 Å². The number of hydrogen-bond acceptors (Lipinski definition) is 3. The van der Waals surface area contributed by atoms with E-state index in [4.69, 9.17) is 5.73 Å². The quantitative estimate of drug-likeness (QED) is 0.855. The van der Waals surface area contributed by atoms with Crippen molar-refractivity contribution < 1.29 is 0 Å². The third-order valence-electron chi connectivity index (χ3n) is 2.74. The van der Waals surface area contributed by atoms with Gasteiger partial charge in [0.1, 0.15) is 0 Å². The van der Waals surface area contributed by atoms with Crippen molar-refractivity contribution in [1.29, 1.82) is 0 Å². The molecule has 1 aromatic heterocycles. The first kappa shape index (κ1) is 12.7. The number of nitrogens with zero attached hydrogens (tertiary/aromatic N) is 1. The molecule has 0 radical (unpaired) electrons. The topological polar surface area (TPSA) is 38.9 Å². The van der Waals surface area contributed by atoms with Crippen LogP contribution in [0.15, 0.2) is 0 Å². The molecule has 0 aliphatic heterocycles. The van der Waals surface area contributed by atoms with Crippen molar-refractivity contribution in [2.45, 2.75) is 46.5 Å². The van der Waals surface area contributed by atoms with E-state index in [2.05, 4.69) is 39.6 Å². The lowest BCUT2D eigenvalue weighted by atomic mass is 9.93. The van der Waals surface area contributed by atoms with Crippen molar-refractivity contribution in [3.63, 3.8) is 0 Å². The highest BCUT2D eigenvalue weighted by atomic mass is 32.1. The number of aryl methyl sites for hydroxylation is 1. The Morgan fingerprint density at radius 3 is 2.20 bits per heavy atom. The highest BCUT2D eigenvalue weighted by Gasteiger charge is 2.20. The lowest BCUT2D eigenvalue weighted by Crippen LogP contribution is -2.17. The maximum Gasteiger partial charge on any atom is 0.0956 e. The van der Waals surface area contributed by atoms with Crippen LogP contribution < -0.4 is 5.73 Å². The van der Waals surface area contributed by atoms with Crippen LogP contribution in [0.1, 0.15) is 55.1 Å². The van der Waals surface area contributed by atoms with E-state index in [1.165, 1.54) is 15.6 Å². The van der Waals surface area contributed by atoms with Crippen LogP contribution in [0.3, 0.4) is 0 Å². The van der Waals surface area contributed by atoms with E-state index in [0.717, 1.165) is 6.54 Å². The third kappa shape index (κ3) is 2.79. The van der Waals surface area contributed by atoms with Gasteiger partial charge < -0.3 is 5.73 Å². The number of thiazole rings is 1. The zero-order valence-electron chi connectivity index (χ0n) is 10.4. The molecule has 1 heterocycles. The molecule has 2 N–H and O–H groups in total. The lowest BCUT2D eigenvalue weighted by molar-refractivity contribution is 0.510. The molecule has 3 heteroatoms. The van der Waals surface area contributed by atoms with Gasteiger partial charge in [-0.1, -0.05) is 27.7 Å². The third-order valence-corrected chi connectivity index (χ3v) is 4.33. The monoisotopic (exact) mass is 226 g/mol. The standard InChI is InChI=1S/C12H22N2S/c1-7(2)10(6-13)11-9(5)14-12(15-11)8(3)4/h7-8,10H,6,13H2,1-5H3. The molecule has 0 aliphatic carbocycles.